The van der Waals surface area contributed by atoms with Gasteiger partial charge < -0.3 is 4.52 Å². The van der Waals surface area contributed by atoms with E-state index in [4.69, 9.17) is 4.52 Å². The van der Waals surface area contributed by atoms with Crippen molar-refractivity contribution in [2.45, 2.75) is 23.0 Å². The van der Waals surface area contributed by atoms with Crippen molar-refractivity contribution in [3.8, 4) is 0 Å². The molecule has 2 bridgehead atoms. The molecule has 1 aromatic rings. The SMILES string of the molecule is Cc1cc(N2C(=O)[C@H]3[C@@H]4C[C@H]([C@@H](Br)[C@H]4Br)[C@@H]3C2=O)no1. The number of hydrogen-bond donors (Lipinski definition) is 0. The van der Waals surface area contributed by atoms with E-state index in [-0.39, 0.29) is 45.1 Å². The molecular formula is C13H12Br2N2O3. The summed E-state index contributed by atoms with van der Waals surface area (Å²) < 4.78 is 4.99. The van der Waals surface area contributed by atoms with Crippen LogP contribution in [0.4, 0.5) is 5.82 Å². The highest BCUT2D eigenvalue weighted by Gasteiger charge is 2.66. The van der Waals surface area contributed by atoms with E-state index in [1.165, 1.54) is 4.90 Å². The van der Waals surface area contributed by atoms with Gasteiger partial charge in [0.25, 0.3) is 0 Å². The molecule has 1 saturated heterocycles. The molecule has 4 rings (SSSR count). The van der Waals surface area contributed by atoms with Crippen LogP contribution >= 0.6 is 31.9 Å². The molecule has 7 heteroatoms. The van der Waals surface area contributed by atoms with Crippen molar-refractivity contribution in [1.82, 2.24) is 5.16 Å². The van der Waals surface area contributed by atoms with E-state index >= 15 is 0 Å². The molecule has 2 heterocycles. The van der Waals surface area contributed by atoms with Gasteiger partial charge >= 0.3 is 0 Å². The fourth-order valence-corrected chi connectivity index (χ4v) is 5.91. The fourth-order valence-electron chi connectivity index (χ4n) is 4.03. The summed E-state index contributed by atoms with van der Waals surface area (Å²) in [5, 5.41) is 3.82. The maximum Gasteiger partial charge on any atom is 0.239 e. The number of aryl methyl sites for hydroxylation is 1. The molecule has 1 aromatic heterocycles. The normalized spacial score (nSPS) is 42.6. The van der Waals surface area contributed by atoms with E-state index in [0.717, 1.165) is 6.42 Å². The van der Waals surface area contributed by atoms with Gasteiger partial charge in [0.05, 0.1) is 11.8 Å². The molecule has 3 fully saturated rings. The molecule has 5 nitrogen and oxygen atoms in total. The van der Waals surface area contributed by atoms with Crippen molar-refractivity contribution in [2.75, 3.05) is 4.90 Å². The van der Waals surface area contributed by atoms with Crippen LogP contribution in [-0.2, 0) is 9.59 Å². The van der Waals surface area contributed by atoms with Crippen molar-refractivity contribution in [2.24, 2.45) is 23.7 Å². The van der Waals surface area contributed by atoms with Gasteiger partial charge in [0.2, 0.25) is 11.8 Å². The van der Waals surface area contributed by atoms with Gasteiger partial charge in [-0.15, -0.1) is 0 Å². The molecule has 0 radical (unpaired) electrons. The summed E-state index contributed by atoms with van der Waals surface area (Å²) in [7, 11) is 0. The van der Waals surface area contributed by atoms with Crippen LogP contribution in [0, 0.1) is 30.6 Å². The second-order valence-electron chi connectivity index (χ2n) is 5.81. The van der Waals surface area contributed by atoms with Crippen LogP contribution in [0.3, 0.4) is 0 Å². The number of fused-ring (bicyclic) bond motifs is 5. The van der Waals surface area contributed by atoms with Crippen LogP contribution < -0.4 is 4.90 Å². The lowest BCUT2D eigenvalue weighted by atomic mass is 9.81. The highest BCUT2D eigenvalue weighted by Crippen LogP contribution is 2.60. The Balaban J connectivity index is 1.74. The highest BCUT2D eigenvalue weighted by atomic mass is 79.9. The zero-order valence-electron chi connectivity index (χ0n) is 10.6. The van der Waals surface area contributed by atoms with Crippen molar-refractivity contribution in [3.05, 3.63) is 11.8 Å². The quantitative estimate of drug-likeness (QED) is 0.533. The summed E-state index contributed by atoms with van der Waals surface area (Å²) in [4.78, 5) is 27.0. The average Bonchev–Trinajstić information content (AvgIpc) is 3.10. The molecule has 0 spiro atoms. The lowest BCUT2D eigenvalue weighted by Gasteiger charge is -2.28. The van der Waals surface area contributed by atoms with Crippen LogP contribution in [0.15, 0.2) is 10.6 Å². The Morgan fingerprint density at radius 1 is 1.20 bits per heavy atom. The second-order valence-corrected chi connectivity index (χ2v) is 7.93. The molecule has 20 heavy (non-hydrogen) atoms. The first-order valence-electron chi connectivity index (χ1n) is 6.60. The second kappa shape index (κ2) is 4.16. The number of aromatic nitrogens is 1. The number of alkyl halides is 2. The first-order chi connectivity index (χ1) is 9.50. The first-order valence-corrected chi connectivity index (χ1v) is 8.43. The molecule has 3 aliphatic rings. The van der Waals surface area contributed by atoms with Crippen LogP contribution in [0.5, 0.6) is 0 Å². The summed E-state index contributed by atoms with van der Waals surface area (Å²) in [6.45, 7) is 1.75. The van der Waals surface area contributed by atoms with Gasteiger partial charge in [-0.25, -0.2) is 4.90 Å². The number of nitrogens with zero attached hydrogens (tertiary/aromatic N) is 2. The predicted molar refractivity (Wildman–Crippen MR) is 77.7 cm³/mol. The number of carbonyl (C=O) groups is 2. The summed E-state index contributed by atoms with van der Waals surface area (Å²) in [6.07, 6.45) is 0.935. The molecule has 0 N–H and O–H groups in total. The van der Waals surface area contributed by atoms with Crippen molar-refractivity contribution in [3.63, 3.8) is 0 Å². The standard InChI is InChI=1S/C13H12Br2N2O3/c1-4-2-7(16-20-4)17-12(18)8-5-3-6(9(8)13(17)19)11(15)10(5)14/h2,5-6,8-11H,3H2,1H3/t5-,6-,8-,9-,10-,11+/m0/s1. The number of amides is 2. The molecule has 2 aliphatic carbocycles. The molecule has 2 saturated carbocycles. The van der Waals surface area contributed by atoms with Crippen LogP contribution in [0.1, 0.15) is 12.2 Å². The Bertz CT molecular complexity index is 585. The third-order valence-corrected chi connectivity index (χ3v) is 8.04. The molecule has 2 amide bonds. The number of anilines is 1. The van der Waals surface area contributed by atoms with E-state index in [2.05, 4.69) is 37.0 Å². The zero-order chi connectivity index (χ0) is 14.2. The van der Waals surface area contributed by atoms with Crippen molar-refractivity contribution >= 4 is 49.5 Å². The molecule has 106 valence electrons. The molecule has 0 aromatic carbocycles. The summed E-state index contributed by atoms with van der Waals surface area (Å²) in [5.41, 5.74) is 0. The summed E-state index contributed by atoms with van der Waals surface area (Å²) in [6, 6.07) is 1.63. The Morgan fingerprint density at radius 2 is 1.75 bits per heavy atom. The number of rotatable bonds is 1. The van der Waals surface area contributed by atoms with Gasteiger partial charge in [0.1, 0.15) is 5.76 Å². The summed E-state index contributed by atoms with van der Waals surface area (Å²) >= 11 is 7.32. The largest absolute Gasteiger partial charge is 0.360 e. The maximum absolute atomic E-state index is 12.6. The number of halogens is 2. The Labute approximate surface area is 132 Å². The van der Waals surface area contributed by atoms with Crippen LogP contribution in [0.2, 0.25) is 0 Å². The summed E-state index contributed by atoms with van der Waals surface area (Å²) in [5.74, 6) is 0.716. The minimum Gasteiger partial charge on any atom is -0.360 e. The third-order valence-electron chi connectivity index (χ3n) is 4.83. The molecule has 6 atom stereocenters. The van der Waals surface area contributed by atoms with Crippen LogP contribution in [-0.4, -0.2) is 26.6 Å². The zero-order valence-corrected chi connectivity index (χ0v) is 13.8. The van der Waals surface area contributed by atoms with Gasteiger partial charge in [-0.1, -0.05) is 37.0 Å². The fraction of sp³-hybridized carbons (Fsp3) is 0.615. The molecular weight excluding hydrogens is 392 g/mol. The van der Waals surface area contributed by atoms with E-state index in [9.17, 15) is 9.59 Å². The van der Waals surface area contributed by atoms with Gasteiger partial charge in [-0.3, -0.25) is 9.59 Å². The highest BCUT2D eigenvalue weighted by molar-refractivity contribution is 9.12. The number of imide groups is 1. The minimum absolute atomic E-state index is 0.121. The van der Waals surface area contributed by atoms with Crippen molar-refractivity contribution in [1.29, 1.82) is 0 Å². The lowest BCUT2D eigenvalue weighted by molar-refractivity contribution is -0.123. The van der Waals surface area contributed by atoms with Gasteiger partial charge in [-0.05, 0) is 25.2 Å². The number of carbonyl (C=O) groups excluding carboxylic acids is 2. The van der Waals surface area contributed by atoms with Gasteiger partial charge in [0.15, 0.2) is 5.82 Å². The third kappa shape index (κ3) is 1.45. The first kappa shape index (κ1) is 13.0. The van der Waals surface area contributed by atoms with E-state index in [1.807, 2.05) is 0 Å². The predicted octanol–water partition coefficient (Wildman–Crippen LogP) is 2.27. The maximum atomic E-state index is 12.6. The molecule has 0 unspecified atom stereocenters. The number of hydrogen-bond acceptors (Lipinski definition) is 4. The Kier molecular flexibility index (Phi) is 2.71. The molecule has 1 aliphatic heterocycles. The topological polar surface area (TPSA) is 63.4 Å². The lowest BCUT2D eigenvalue weighted by Crippen LogP contribution is -2.37. The Hall–Kier alpha value is -0.690. The Morgan fingerprint density at radius 3 is 2.20 bits per heavy atom. The van der Waals surface area contributed by atoms with Gasteiger partial charge in [0, 0.05) is 15.7 Å². The van der Waals surface area contributed by atoms with Crippen molar-refractivity contribution < 1.29 is 14.1 Å². The monoisotopic (exact) mass is 402 g/mol. The van der Waals surface area contributed by atoms with Crippen LogP contribution in [0.25, 0.3) is 0 Å². The van der Waals surface area contributed by atoms with Gasteiger partial charge in [-0.2, -0.15) is 0 Å². The smallest absolute Gasteiger partial charge is 0.239 e. The van der Waals surface area contributed by atoms with E-state index in [0.29, 0.717) is 11.6 Å². The average molecular weight is 404 g/mol. The minimum atomic E-state index is -0.206. The van der Waals surface area contributed by atoms with E-state index in [1.54, 1.807) is 13.0 Å². The van der Waals surface area contributed by atoms with E-state index < -0.39 is 0 Å².